The fraction of sp³-hybridized carbons (Fsp3) is 0.333. The van der Waals surface area contributed by atoms with E-state index in [0.717, 1.165) is 35.9 Å². The van der Waals surface area contributed by atoms with Crippen LogP contribution >= 0.6 is 0 Å². The first-order valence-electron chi connectivity index (χ1n) is 9.91. The Morgan fingerprint density at radius 1 is 0.963 bits per heavy atom. The fourth-order valence-corrected chi connectivity index (χ4v) is 4.43. The Morgan fingerprint density at radius 3 is 2.52 bits per heavy atom. The molecule has 138 valence electrons. The number of amides is 1. The Balaban J connectivity index is 1.49. The molecule has 3 aromatic rings. The smallest absolute Gasteiger partial charge is 0.224 e. The number of fused-ring (bicyclic) bond motifs is 1. The lowest BCUT2D eigenvalue weighted by Gasteiger charge is -2.37. The van der Waals surface area contributed by atoms with Crippen molar-refractivity contribution in [3.8, 4) is 0 Å². The van der Waals surface area contributed by atoms with Crippen molar-refractivity contribution in [2.45, 2.75) is 44.9 Å². The third kappa shape index (κ3) is 4.36. The number of carbonyl (C=O) groups is 1. The molecule has 1 N–H and O–H groups in total. The van der Waals surface area contributed by atoms with Crippen molar-refractivity contribution >= 4 is 22.5 Å². The number of benzene rings is 2. The van der Waals surface area contributed by atoms with Gasteiger partial charge in [-0.1, -0.05) is 67.8 Å². The lowest BCUT2D eigenvalue weighted by molar-refractivity contribution is -0.119. The van der Waals surface area contributed by atoms with Gasteiger partial charge in [0.05, 0.1) is 17.4 Å². The molecule has 0 saturated heterocycles. The molecule has 1 saturated carbocycles. The molecule has 0 spiro atoms. The van der Waals surface area contributed by atoms with Crippen molar-refractivity contribution < 1.29 is 4.79 Å². The van der Waals surface area contributed by atoms with Crippen LogP contribution in [-0.4, -0.2) is 10.9 Å². The van der Waals surface area contributed by atoms with E-state index in [0.29, 0.717) is 6.42 Å². The number of aromatic nitrogens is 1. The standard InChI is InChI=1S/C24H26N2O/c27-23(26-21-15-20-11-5-6-12-22(20)25-18-21)17-24(13-7-2-8-14-24)16-19-9-3-1-4-10-19/h1,3-6,9-12,15,18H,2,7-8,13-14,16-17H2,(H,26,27). The second kappa shape index (κ2) is 7.91. The van der Waals surface area contributed by atoms with Crippen LogP contribution in [0.25, 0.3) is 10.9 Å². The van der Waals surface area contributed by atoms with Gasteiger partial charge in [0.15, 0.2) is 0 Å². The van der Waals surface area contributed by atoms with Crippen LogP contribution < -0.4 is 5.32 Å². The second-order valence-electron chi connectivity index (χ2n) is 7.86. The van der Waals surface area contributed by atoms with Crippen molar-refractivity contribution in [3.63, 3.8) is 0 Å². The number of carbonyl (C=O) groups excluding carboxylic acids is 1. The van der Waals surface area contributed by atoms with Crippen molar-refractivity contribution in [1.82, 2.24) is 4.98 Å². The third-order valence-electron chi connectivity index (χ3n) is 5.75. The van der Waals surface area contributed by atoms with Crippen LogP contribution in [0.1, 0.15) is 44.1 Å². The first-order chi connectivity index (χ1) is 13.2. The molecular formula is C24H26N2O. The molecule has 0 unspecified atom stereocenters. The molecule has 4 rings (SSSR count). The van der Waals surface area contributed by atoms with Crippen LogP contribution in [0.3, 0.4) is 0 Å². The average Bonchev–Trinajstić information content (AvgIpc) is 2.69. The summed E-state index contributed by atoms with van der Waals surface area (Å²) in [5.74, 6) is 0.102. The molecule has 3 nitrogen and oxygen atoms in total. The minimum absolute atomic E-state index is 0.0773. The van der Waals surface area contributed by atoms with E-state index >= 15 is 0 Å². The molecule has 0 aliphatic heterocycles. The van der Waals surface area contributed by atoms with Gasteiger partial charge in [-0.15, -0.1) is 0 Å². The summed E-state index contributed by atoms with van der Waals surface area (Å²) in [7, 11) is 0. The zero-order valence-corrected chi connectivity index (χ0v) is 15.7. The molecule has 1 aliphatic carbocycles. The molecule has 27 heavy (non-hydrogen) atoms. The zero-order chi connectivity index (χ0) is 18.5. The maximum Gasteiger partial charge on any atom is 0.224 e. The van der Waals surface area contributed by atoms with E-state index in [-0.39, 0.29) is 11.3 Å². The van der Waals surface area contributed by atoms with Crippen molar-refractivity contribution in [3.05, 3.63) is 72.4 Å². The SMILES string of the molecule is O=C(CC1(Cc2ccccc2)CCCCC1)Nc1cnc2ccccc2c1. The monoisotopic (exact) mass is 358 g/mol. The summed E-state index contributed by atoms with van der Waals surface area (Å²) in [5, 5.41) is 4.14. The van der Waals surface area contributed by atoms with Crippen LogP contribution in [0.5, 0.6) is 0 Å². The first-order valence-corrected chi connectivity index (χ1v) is 9.91. The number of rotatable bonds is 5. The number of nitrogens with one attached hydrogen (secondary N) is 1. The summed E-state index contributed by atoms with van der Waals surface area (Å²) in [6.45, 7) is 0. The van der Waals surface area contributed by atoms with E-state index in [1.54, 1.807) is 6.20 Å². The van der Waals surface area contributed by atoms with E-state index in [1.807, 2.05) is 30.3 Å². The molecule has 0 atom stereocenters. The largest absolute Gasteiger partial charge is 0.325 e. The Bertz CT molecular complexity index is 914. The Labute approximate surface area is 160 Å². The van der Waals surface area contributed by atoms with Crippen molar-refractivity contribution in [2.75, 3.05) is 5.32 Å². The van der Waals surface area contributed by atoms with Crippen LogP contribution in [0.15, 0.2) is 66.9 Å². The molecule has 1 aromatic heterocycles. The van der Waals surface area contributed by atoms with Gasteiger partial charge < -0.3 is 5.32 Å². The fourth-order valence-electron chi connectivity index (χ4n) is 4.43. The van der Waals surface area contributed by atoms with Gasteiger partial charge in [0, 0.05) is 11.8 Å². The van der Waals surface area contributed by atoms with Gasteiger partial charge in [0.2, 0.25) is 5.91 Å². The Hall–Kier alpha value is -2.68. The van der Waals surface area contributed by atoms with Gasteiger partial charge >= 0.3 is 0 Å². The lowest BCUT2D eigenvalue weighted by Crippen LogP contribution is -2.32. The number of pyridine rings is 1. The van der Waals surface area contributed by atoms with Gasteiger partial charge in [0.25, 0.3) is 0 Å². The summed E-state index contributed by atoms with van der Waals surface area (Å²) in [6.07, 6.45) is 9.30. The quantitative estimate of drug-likeness (QED) is 0.630. The number of hydrogen-bond donors (Lipinski definition) is 1. The topological polar surface area (TPSA) is 42.0 Å². The average molecular weight is 358 g/mol. The van der Waals surface area contributed by atoms with E-state index in [2.05, 4.69) is 40.6 Å². The predicted molar refractivity (Wildman–Crippen MR) is 111 cm³/mol. The molecule has 3 heteroatoms. The maximum atomic E-state index is 12.9. The van der Waals surface area contributed by atoms with E-state index in [9.17, 15) is 4.79 Å². The number of anilines is 1. The minimum Gasteiger partial charge on any atom is -0.325 e. The summed E-state index contributed by atoms with van der Waals surface area (Å²) in [6, 6.07) is 20.6. The second-order valence-corrected chi connectivity index (χ2v) is 7.86. The normalized spacial score (nSPS) is 16.1. The highest BCUT2D eigenvalue weighted by Gasteiger charge is 2.34. The number of hydrogen-bond acceptors (Lipinski definition) is 2. The summed E-state index contributed by atoms with van der Waals surface area (Å²) < 4.78 is 0. The third-order valence-corrected chi connectivity index (χ3v) is 5.75. The van der Waals surface area contributed by atoms with Gasteiger partial charge in [0.1, 0.15) is 0 Å². The molecule has 1 fully saturated rings. The van der Waals surface area contributed by atoms with Crippen molar-refractivity contribution in [2.24, 2.45) is 5.41 Å². The first kappa shape index (κ1) is 17.7. The highest BCUT2D eigenvalue weighted by molar-refractivity contribution is 5.93. The zero-order valence-electron chi connectivity index (χ0n) is 15.7. The molecule has 1 amide bonds. The molecule has 1 aliphatic rings. The molecular weight excluding hydrogens is 332 g/mol. The van der Waals surface area contributed by atoms with Crippen LogP contribution in [0, 0.1) is 5.41 Å². The van der Waals surface area contributed by atoms with Gasteiger partial charge in [-0.25, -0.2) is 0 Å². The van der Waals surface area contributed by atoms with Crippen LogP contribution in [0.2, 0.25) is 0 Å². The summed E-state index contributed by atoms with van der Waals surface area (Å²) >= 11 is 0. The van der Waals surface area contributed by atoms with Gasteiger partial charge in [-0.3, -0.25) is 9.78 Å². The molecule has 0 bridgehead atoms. The summed E-state index contributed by atoms with van der Waals surface area (Å²) in [4.78, 5) is 17.3. The molecule has 2 aromatic carbocycles. The van der Waals surface area contributed by atoms with E-state index in [4.69, 9.17) is 0 Å². The highest BCUT2D eigenvalue weighted by Crippen LogP contribution is 2.42. The highest BCUT2D eigenvalue weighted by atomic mass is 16.1. The van der Waals surface area contributed by atoms with Gasteiger partial charge in [-0.2, -0.15) is 0 Å². The summed E-state index contributed by atoms with van der Waals surface area (Å²) in [5.41, 5.74) is 3.14. The Kier molecular flexibility index (Phi) is 5.19. The number of nitrogens with zero attached hydrogens (tertiary/aromatic N) is 1. The van der Waals surface area contributed by atoms with Gasteiger partial charge in [-0.05, 0) is 42.4 Å². The van der Waals surface area contributed by atoms with Crippen molar-refractivity contribution in [1.29, 1.82) is 0 Å². The maximum absolute atomic E-state index is 12.9. The lowest BCUT2D eigenvalue weighted by atomic mass is 9.68. The predicted octanol–water partition coefficient (Wildman–Crippen LogP) is 5.76. The molecule has 1 heterocycles. The molecule has 0 radical (unpaired) electrons. The van der Waals surface area contributed by atoms with E-state index in [1.165, 1.54) is 24.8 Å². The Morgan fingerprint density at radius 2 is 1.70 bits per heavy atom. The van der Waals surface area contributed by atoms with Crippen LogP contribution in [-0.2, 0) is 11.2 Å². The van der Waals surface area contributed by atoms with Crippen LogP contribution in [0.4, 0.5) is 5.69 Å². The number of para-hydroxylation sites is 1. The minimum atomic E-state index is 0.0773. The van der Waals surface area contributed by atoms with E-state index < -0.39 is 0 Å².